The average Bonchev–Trinajstić information content (AvgIpc) is 2.37. The number of nitrogens with two attached hydrogens (primary N) is 1. The molecule has 4 N–H and O–H groups in total. The molecular weight excluding hydrogens is 242 g/mol. The lowest BCUT2D eigenvalue weighted by molar-refractivity contribution is -0.0421. The van der Waals surface area contributed by atoms with Gasteiger partial charge in [0.2, 0.25) is 0 Å². The van der Waals surface area contributed by atoms with E-state index in [0.717, 1.165) is 23.4 Å². The van der Waals surface area contributed by atoms with Crippen LogP contribution < -0.4 is 10.6 Å². The van der Waals surface area contributed by atoms with Crippen LogP contribution >= 0.6 is 0 Å². The molecule has 1 saturated heterocycles. The smallest absolute Gasteiger partial charge is 0.124 e. The standard InChI is InChI=1S/C14H21N3O2/c1-9-4-3-5-12(14(15)16)13(9)17-6-10(2)19-11(7-17)8-18/h3-5,10-11,18H,6-8H2,1-2H3,(H3,15,16). The molecule has 5 nitrogen and oxygen atoms in total. The van der Waals surface area contributed by atoms with Crippen LogP contribution in [-0.2, 0) is 4.74 Å². The van der Waals surface area contributed by atoms with Crippen molar-refractivity contribution in [3.63, 3.8) is 0 Å². The molecule has 2 rings (SSSR count). The van der Waals surface area contributed by atoms with Gasteiger partial charge in [-0.1, -0.05) is 12.1 Å². The minimum atomic E-state index is -0.192. The Hall–Kier alpha value is -1.59. The maximum atomic E-state index is 9.30. The molecule has 1 aliphatic rings. The highest BCUT2D eigenvalue weighted by Gasteiger charge is 2.27. The number of aliphatic hydroxyl groups excluding tert-OH is 1. The van der Waals surface area contributed by atoms with Gasteiger partial charge in [-0.15, -0.1) is 0 Å². The first kappa shape index (κ1) is 13.8. The molecule has 0 bridgehead atoms. The Balaban J connectivity index is 2.37. The predicted octanol–water partition coefficient (Wildman–Crippen LogP) is 0.865. The summed E-state index contributed by atoms with van der Waals surface area (Å²) in [5, 5.41) is 17.0. The fourth-order valence-corrected chi connectivity index (χ4v) is 2.62. The van der Waals surface area contributed by atoms with Gasteiger partial charge in [0.25, 0.3) is 0 Å². The van der Waals surface area contributed by atoms with Gasteiger partial charge in [0, 0.05) is 18.7 Å². The van der Waals surface area contributed by atoms with Crippen LogP contribution in [0.15, 0.2) is 18.2 Å². The lowest BCUT2D eigenvalue weighted by Gasteiger charge is -2.39. The van der Waals surface area contributed by atoms with Crippen LogP contribution in [0.4, 0.5) is 5.69 Å². The summed E-state index contributed by atoms with van der Waals surface area (Å²) >= 11 is 0. The van der Waals surface area contributed by atoms with E-state index < -0.39 is 0 Å². The van der Waals surface area contributed by atoms with E-state index in [1.165, 1.54) is 0 Å². The third-order valence-corrected chi connectivity index (χ3v) is 3.37. The molecule has 104 valence electrons. The Bertz CT molecular complexity index is 476. The molecule has 1 aliphatic heterocycles. The van der Waals surface area contributed by atoms with Crippen LogP contribution in [-0.4, -0.2) is 42.8 Å². The van der Waals surface area contributed by atoms with Crippen LogP contribution in [0.1, 0.15) is 18.1 Å². The molecule has 0 amide bonds. The van der Waals surface area contributed by atoms with Crippen molar-refractivity contribution in [3.8, 4) is 0 Å². The molecule has 1 aromatic rings. The minimum Gasteiger partial charge on any atom is -0.394 e. The highest BCUT2D eigenvalue weighted by atomic mass is 16.5. The predicted molar refractivity (Wildman–Crippen MR) is 75.8 cm³/mol. The molecule has 19 heavy (non-hydrogen) atoms. The Labute approximate surface area is 113 Å². The lowest BCUT2D eigenvalue weighted by atomic mass is 10.0. The zero-order valence-corrected chi connectivity index (χ0v) is 11.4. The highest BCUT2D eigenvalue weighted by molar-refractivity contribution is 6.01. The number of aryl methyl sites for hydroxylation is 1. The second kappa shape index (κ2) is 5.59. The normalized spacial score (nSPS) is 23.4. The molecular formula is C14H21N3O2. The van der Waals surface area contributed by atoms with E-state index in [4.69, 9.17) is 15.9 Å². The minimum absolute atomic E-state index is 0.00211. The first-order chi connectivity index (χ1) is 9.02. The number of para-hydroxylation sites is 1. The first-order valence-electron chi connectivity index (χ1n) is 6.48. The molecule has 2 unspecified atom stereocenters. The number of morpholine rings is 1. The van der Waals surface area contributed by atoms with E-state index >= 15 is 0 Å². The topological polar surface area (TPSA) is 82.6 Å². The molecule has 1 aromatic carbocycles. The number of anilines is 1. The van der Waals surface area contributed by atoms with E-state index in [0.29, 0.717) is 6.54 Å². The molecule has 2 atom stereocenters. The maximum Gasteiger partial charge on any atom is 0.124 e. The zero-order valence-electron chi connectivity index (χ0n) is 11.4. The SMILES string of the molecule is Cc1cccc(C(=N)N)c1N1CC(C)OC(CO)C1. The van der Waals surface area contributed by atoms with Crippen molar-refractivity contribution in [1.29, 1.82) is 5.41 Å². The summed E-state index contributed by atoms with van der Waals surface area (Å²) in [6.07, 6.45) is -0.145. The number of nitrogens with zero attached hydrogens (tertiary/aromatic N) is 1. The van der Waals surface area contributed by atoms with Crippen molar-refractivity contribution in [1.82, 2.24) is 0 Å². The molecule has 0 spiro atoms. The molecule has 0 saturated carbocycles. The van der Waals surface area contributed by atoms with Gasteiger partial charge < -0.3 is 20.5 Å². The Morgan fingerprint density at radius 1 is 1.53 bits per heavy atom. The molecule has 5 heteroatoms. The first-order valence-corrected chi connectivity index (χ1v) is 6.48. The molecule has 0 aliphatic carbocycles. The summed E-state index contributed by atoms with van der Waals surface area (Å²) in [7, 11) is 0. The fraction of sp³-hybridized carbons (Fsp3) is 0.500. The van der Waals surface area contributed by atoms with E-state index in [1.807, 2.05) is 32.0 Å². The van der Waals surface area contributed by atoms with Crippen LogP contribution in [0.25, 0.3) is 0 Å². The van der Waals surface area contributed by atoms with Crippen LogP contribution in [0.2, 0.25) is 0 Å². The largest absolute Gasteiger partial charge is 0.394 e. The lowest BCUT2D eigenvalue weighted by Crippen LogP contribution is -2.48. The molecule has 0 aromatic heterocycles. The molecule has 1 heterocycles. The Morgan fingerprint density at radius 3 is 2.89 bits per heavy atom. The van der Waals surface area contributed by atoms with Crippen molar-refractivity contribution in [2.75, 3.05) is 24.6 Å². The van der Waals surface area contributed by atoms with Gasteiger partial charge in [0.05, 0.1) is 24.5 Å². The molecule has 0 radical (unpaired) electrons. The zero-order chi connectivity index (χ0) is 14.0. The van der Waals surface area contributed by atoms with E-state index in [1.54, 1.807) is 0 Å². The average molecular weight is 263 g/mol. The summed E-state index contributed by atoms with van der Waals surface area (Å²) in [6, 6.07) is 5.78. The summed E-state index contributed by atoms with van der Waals surface area (Å²) in [5.74, 6) is 0.0680. The van der Waals surface area contributed by atoms with E-state index in [9.17, 15) is 5.11 Å². The van der Waals surface area contributed by atoms with E-state index in [-0.39, 0.29) is 24.7 Å². The Morgan fingerprint density at radius 2 is 2.26 bits per heavy atom. The number of hydrogen-bond donors (Lipinski definition) is 3. The number of aliphatic hydroxyl groups is 1. The monoisotopic (exact) mass is 263 g/mol. The highest BCUT2D eigenvalue weighted by Crippen LogP contribution is 2.28. The third-order valence-electron chi connectivity index (χ3n) is 3.37. The summed E-state index contributed by atoms with van der Waals surface area (Å²) in [5.41, 5.74) is 8.47. The van der Waals surface area contributed by atoms with Gasteiger partial charge in [-0.25, -0.2) is 0 Å². The van der Waals surface area contributed by atoms with Crippen LogP contribution in [0.3, 0.4) is 0 Å². The number of nitrogens with one attached hydrogen (secondary N) is 1. The number of ether oxygens (including phenoxy) is 1. The van der Waals surface area contributed by atoms with E-state index in [2.05, 4.69) is 4.90 Å². The van der Waals surface area contributed by atoms with Crippen LogP contribution in [0.5, 0.6) is 0 Å². The maximum absolute atomic E-state index is 9.30. The summed E-state index contributed by atoms with van der Waals surface area (Å²) in [6.45, 7) is 5.35. The third kappa shape index (κ3) is 2.88. The number of nitrogen functional groups attached to an aromatic ring is 1. The van der Waals surface area contributed by atoms with Crippen LogP contribution in [0, 0.1) is 12.3 Å². The van der Waals surface area contributed by atoms with Gasteiger partial charge in [0.15, 0.2) is 0 Å². The van der Waals surface area contributed by atoms with Gasteiger partial charge in [0.1, 0.15) is 5.84 Å². The second-order valence-corrected chi connectivity index (χ2v) is 5.04. The summed E-state index contributed by atoms with van der Waals surface area (Å²) in [4.78, 5) is 2.15. The molecule has 1 fully saturated rings. The fourth-order valence-electron chi connectivity index (χ4n) is 2.62. The Kier molecular flexibility index (Phi) is 4.07. The van der Waals surface area contributed by atoms with Crippen molar-refractivity contribution in [3.05, 3.63) is 29.3 Å². The van der Waals surface area contributed by atoms with Crippen molar-refractivity contribution < 1.29 is 9.84 Å². The van der Waals surface area contributed by atoms with Gasteiger partial charge in [-0.3, -0.25) is 5.41 Å². The van der Waals surface area contributed by atoms with Gasteiger partial charge in [-0.2, -0.15) is 0 Å². The van der Waals surface area contributed by atoms with Gasteiger partial charge >= 0.3 is 0 Å². The van der Waals surface area contributed by atoms with Gasteiger partial charge in [-0.05, 0) is 25.5 Å². The summed E-state index contributed by atoms with van der Waals surface area (Å²) < 4.78 is 5.65. The van der Waals surface area contributed by atoms with Crippen molar-refractivity contribution in [2.24, 2.45) is 5.73 Å². The number of benzene rings is 1. The van der Waals surface area contributed by atoms with Crippen molar-refractivity contribution >= 4 is 11.5 Å². The quantitative estimate of drug-likeness (QED) is 0.558. The van der Waals surface area contributed by atoms with Crippen molar-refractivity contribution in [2.45, 2.75) is 26.1 Å². The second-order valence-electron chi connectivity index (χ2n) is 5.04. The number of rotatable bonds is 3. The number of amidine groups is 1. The number of hydrogen-bond acceptors (Lipinski definition) is 4.